The van der Waals surface area contributed by atoms with E-state index in [9.17, 15) is 0 Å². The van der Waals surface area contributed by atoms with Crippen molar-refractivity contribution in [2.45, 2.75) is 5.66 Å². The Morgan fingerprint density at radius 2 is 1.71 bits per heavy atom. The number of hydrogen-bond acceptors (Lipinski definition) is 0. The van der Waals surface area contributed by atoms with Crippen molar-refractivity contribution in [1.29, 1.82) is 0 Å². The van der Waals surface area contributed by atoms with E-state index in [1.54, 1.807) is 0 Å². The van der Waals surface area contributed by atoms with Crippen molar-refractivity contribution in [3.05, 3.63) is 65.2 Å². The number of benzene rings is 1. The lowest BCUT2D eigenvalue weighted by molar-refractivity contribution is 1.26. The SMILES string of the molecule is C1=CC(p2cccc2)c2ccccc21. The van der Waals surface area contributed by atoms with Crippen LogP contribution in [-0.4, -0.2) is 0 Å². The van der Waals surface area contributed by atoms with Gasteiger partial charge in [0.15, 0.2) is 0 Å². The monoisotopic (exact) mass is 198 g/mol. The van der Waals surface area contributed by atoms with Crippen LogP contribution < -0.4 is 0 Å². The summed E-state index contributed by atoms with van der Waals surface area (Å²) in [5, 5.41) is 0. The van der Waals surface area contributed by atoms with E-state index in [-0.39, 0.29) is 7.53 Å². The van der Waals surface area contributed by atoms with Crippen LogP contribution >= 0.6 is 7.53 Å². The summed E-state index contributed by atoms with van der Waals surface area (Å²) < 4.78 is 0. The Kier molecular flexibility index (Phi) is 1.82. The molecule has 0 fully saturated rings. The van der Waals surface area contributed by atoms with Gasteiger partial charge >= 0.3 is 0 Å². The van der Waals surface area contributed by atoms with Gasteiger partial charge in [-0.15, -0.1) is 7.53 Å². The molecule has 0 N–H and O–H groups in total. The second-order valence-electron chi connectivity index (χ2n) is 3.56. The Hall–Kier alpha value is -1.26. The Balaban J connectivity index is 2.11. The van der Waals surface area contributed by atoms with Gasteiger partial charge in [-0.2, -0.15) is 0 Å². The average molecular weight is 198 g/mol. The fourth-order valence-electron chi connectivity index (χ4n) is 2.02. The van der Waals surface area contributed by atoms with Crippen molar-refractivity contribution in [2.75, 3.05) is 0 Å². The van der Waals surface area contributed by atoms with E-state index >= 15 is 0 Å². The summed E-state index contributed by atoms with van der Waals surface area (Å²) in [5.74, 6) is 4.68. The Bertz CT molecular complexity index is 466. The molecule has 1 aliphatic carbocycles. The Morgan fingerprint density at radius 3 is 2.57 bits per heavy atom. The molecule has 1 aromatic carbocycles. The van der Waals surface area contributed by atoms with Crippen LogP contribution in [0.2, 0.25) is 0 Å². The van der Waals surface area contributed by atoms with E-state index in [4.69, 9.17) is 0 Å². The van der Waals surface area contributed by atoms with Crippen LogP contribution in [0.3, 0.4) is 0 Å². The molecule has 2 aromatic rings. The van der Waals surface area contributed by atoms with Crippen molar-refractivity contribution < 1.29 is 0 Å². The first-order valence-electron chi connectivity index (χ1n) is 4.85. The van der Waals surface area contributed by atoms with Crippen molar-refractivity contribution in [2.24, 2.45) is 0 Å². The minimum atomic E-state index is -0.0808. The maximum absolute atomic E-state index is 2.34. The summed E-state index contributed by atoms with van der Waals surface area (Å²) in [5.41, 5.74) is 3.51. The van der Waals surface area contributed by atoms with Crippen LogP contribution in [0.1, 0.15) is 16.8 Å². The molecule has 14 heavy (non-hydrogen) atoms. The van der Waals surface area contributed by atoms with Gasteiger partial charge < -0.3 is 0 Å². The van der Waals surface area contributed by atoms with Gasteiger partial charge in [0, 0.05) is 5.66 Å². The molecule has 0 nitrogen and oxygen atoms in total. The number of allylic oxidation sites excluding steroid dienone is 1. The van der Waals surface area contributed by atoms with Crippen molar-refractivity contribution in [3.63, 3.8) is 0 Å². The average Bonchev–Trinajstić information content (AvgIpc) is 2.85. The predicted molar refractivity (Wildman–Crippen MR) is 62.8 cm³/mol. The molecule has 1 heteroatoms. The zero-order valence-corrected chi connectivity index (χ0v) is 8.69. The van der Waals surface area contributed by atoms with Crippen LogP contribution in [0, 0.1) is 0 Å². The zero-order valence-electron chi connectivity index (χ0n) is 7.80. The van der Waals surface area contributed by atoms with E-state index in [0.29, 0.717) is 5.66 Å². The predicted octanol–water partition coefficient (Wildman–Crippen LogP) is 4.29. The summed E-state index contributed by atoms with van der Waals surface area (Å²) in [6.07, 6.45) is 4.60. The molecule has 0 spiro atoms. The first-order valence-corrected chi connectivity index (χ1v) is 6.40. The lowest BCUT2D eigenvalue weighted by atomic mass is 10.1. The highest BCUT2D eigenvalue weighted by Gasteiger charge is 2.17. The van der Waals surface area contributed by atoms with Crippen molar-refractivity contribution in [3.8, 4) is 0 Å². The van der Waals surface area contributed by atoms with Gasteiger partial charge in [0.2, 0.25) is 0 Å². The van der Waals surface area contributed by atoms with E-state index in [2.05, 4.69) is 60.1 Å². The summed E-state index contributed by atoms with van der Waals surface area (Å²) >= 11 is 0. The van der Waals surface area contributed by atoms with Gasteiger partial charge in [-0.25, -0.2) is 0 Å². The molecule has 1 heterocycles. The summed E-state index contributed by atoms with van der Waals surface area (Å²) in [7, 11) is -0.0808. The highest BCUT2D eigenvalue weighted by molar-refractivity contribution is 7.49. The molecule has 3 rings (SSSR count). The highest BCUT2D eigenvalue weighted by Crippen LogP contribution is 2.48. The highest BCUT2D eigenvalue weighted by atomic mass is 31.1. The zero-order chi connectivity index (χ0) is 9.38. The molecule has 1 aliphatic rings. The van der Waals surface area contributed by atoms with Crippen molar-refractivity contribution in [1.82, 2.24) is 0 Å². The van der Waals surface area contributed by atoms with Gasteiger partial charge in [0.1, 0.15) is 0 Å². The standard InChI is InChI=1S/C13H11P/c1-2-6-12-11(5-1)7-8-13(12)14-9-3-4-10-14/h1-10,13H. The Labute approximate surface area is 85.0 Å². The normalized spacial score (nSPS) is 18.4. The molecule has 1 unspecified atom stereocenters. The molecular weight excluding hydrogens is 187 g/mol. The minimum absolute atomic E-state index is 0.0808. The number of fused-ring (bicyclic) bond motifs is 1. The lowest BCUT2D eigenvalue weighted by Crippen LogP contribution is -1.84. The molecule has 0 bridgehead atoms. The third-order valence-electron chi connectivity index (χ3n) is 2.72. The van der Waals surface area contributed by atoms with Crippen LogP contribution in [0.15, 0.2) is 54.1 Å². The molecular formula is C13H11P. The fraction of sp³-hybridized carbons (Fsp3) is 0.0769. The molecule has 0 saturated carbocycles. The maximum Gasteiger partial charge on any atom is 0.0413 e. The van der Waals surface area contributed by atoms with Gasteiger partial charge in [-0.3, -0.25) is 0 Å². The lowest BCUT2D eigenvalue weighted by Gasteiger charge is -2.09. The van der Waals surface area contributed by atoms with Crippen LogP contribution in [0.4, 0.5) is 0 Å². The number of rotatable bonds is 1. The molecule has 0 aliphatic heterocycles. The minimum Gasteiger partial charge on any atom is -0.113 e. The van der Waals surface area contributed by atoms with E-state index in [0.717, 1.165) is 0 Å². The smallest absolute Gasteiger partial charge is 0.0413 e. The van der Waals surface area contributed by atoms with E-state index < -0.39 is 0 Å². The molecule has 0 radical (unpaired) electrons. The van der Waals surface area contributed by atoms with Gasteiger partial charge in [-0.05, 0) is 22.7 Å². The molecule has 68 valence electrons. The second kappa shape index (κ2) is 3.15. The van der Waals surface area contributed by atoms with Crippen LogP contribution in [-0.2, 0) is 0 Å². The molecule has 0 amide bonds. The van der Waals surface area contributed by atoms with Crippen LogP contribution in [0.5, 0.6) is 0 Å². The second-order valence-corrected chi connectivity index (χ2v) is 5.61. The first kappa shape index (κ1) is 8.08. The summed E-state index contributed by atoms with van der Waals surface area (Å²) in [6, 6.07) is 13.0. The van der Waals surface area contributed by atoms with E-state index in [1.165, 1.54) is 11.1 Å². The summed E-state index contributed by atoms with van der Waals surface area (Å²) in [6.45, 7) is 0. The van der Waals surface area contributed by atoms with E-state index in [1.807, 2.05) is 0 Å². The topological polar surface area (TPSA) is 0 Å². The maximum atomic E-state index is 2.34. The van der Waals surface area contributed by atoms with Crippen LogP contribution in [0.25, 0.3) is 6.08 Å². The Morgan fingerprint density at radius 1 is 0.929 bits per heavy atom. The van der Waals surface area contributed by atoms with Gasteiger partial charge in [-0.1, -0.05) is 48.6 Å². The van der Waals surface area contributed by atoms with Gasteiger partial charge in [0.25, 0.3) is 0 Å². The molecule has 1 aromatic heterocycles. The summed E-state index contributed by atoms with van der Waals surface area (Å²) in [4.78, 5) is 0. The quantitative estimate of drug-likeness (QED) is 0.641. The molecule has 1 atom stereocenters. The first-order chi connectivity index (χ1) is 6.95. The molecule has 0 saturated heterocycles. The third-order valence-corrected chi connectivity index (χ3v) is 4.85. The fourth-order valence-corrected chi connectivity index (χ4v) is 3.93. The van der Waals surface area contributed by atoms with Gasteiger partial charge in [0.05, 0.1) is 0 Å². The number of hydrogen-bond donors (Lipinski definition) is 0. The largest absolute Gasteiger partial charge is 0.113 e. The third kappa shape index (κ3) is 1.15. The van der Waals surface area contributed by atoms with Crippen molar-refractivity contribution >= 4 is 13.6 Å².